The summed E-state index contributed by atoms with van der Waals surface area (Å²) < 4.78 is 15.4. The second-order valence-electron chi connectivity index (χ2n) is 5.41. The Kier molecular flexibility index (Phi) is 5.56. The Bertz CT molecular complexity index is 775. The first-order valence-corrected chi connectivity index (χ1v) is 7.83. The number of halogens is 2. The molecule has 0 aliphatic rings. The van der Waals surface area contributed by atoms with Crippen LogP contribution in [-0.2, 0) is 9.59 Å². The molecule has 0 radical (unpaired) electrons. The highest BCUT2D eigenvalue weighted by Gasteiger charge is 2.18. The van der Waals surface area contributed by atoms with Crippen molar-refractivity contribution in [3.8, 4) is 0 Å². The first-order chi connectivity index (χ1) is 11.3. The summed E-state index contributed by atoms with van der Waals surface area (Å²) in [7, 11) is 0. The number of amides is 2. The quantitative estimate of drug-likeness (QED) is 0.826. The van der Waals surface area contributed by atoms with Gasteiger partial charge in [0.05, 0.1) is 5.69 Å². The minimum Gasteiger partial charge on any atom is -0.315 e. The molecular formula is C16H18ClFN4O2. The Morgan fingerprint density at radius 3 is 2.62 bits per heavy atom. The zero-order valence-corrected chi connectivity index (χ0v) is 14.3. The van der Waals surface area contributed by atoms with Crippen LogP contribution < -0.4 is 10.6 Å². The molecule has 2 rings (SSSR count). The fraction of sp³-hybridized carbons (Fsp3) is 0.312. The summed E-state index contributed by atoms with van der Waals surface area (Å²) in [6.07, 6.45) is 0.879. The molecule has 0 unspecified atom stereocenters. The smallest absolute Gasteiger partial charge is 0.315 e. The van der Waals surface area contributed by atoms with Crippen LogP contribution in [0.4, 0.5) is 15.9 Å². The van der Waals surface area contributed by atoms with Crippen LogP contribution in [0.25, 0.3) is 0 Å². The Balaban J connectivity index is 2.07. The van der Waals surface area contributed by atoms with Crippen LogP contribution in [0.15, 0.2) is 24.3 Å². The van der Waals surface area contributed by atoms with Crippen molar-refractivity contribution in [2.75, 3.05) is 10.6 Å². The third kappa shape index (κ3) is 4.11. The van der Waals surface area contributed by atoms with Crippen LogP contribution >= 0.6 is 11.6 Å². The third-order valence-corrected chi connectivity index (χ3v) is 3.79. The van der Waals surface area contributed by atoms with Crippen molar-refractivity contribution in [3.05, 3.63) is 40.8 Å². The summed E-state index contributed by atoms with van der Waals surface area (Å²) in [5.41, 5.74) is 0.699. The lowest BCUT2D eigenvalue weighted by Crippen LogP contribution is -2.29. The molecule has 1 atom stereocenters. The average Bonchev–Trinajstić information content (AvgIpc) is 2.90. The molecule has 0 saturated carbocycles. The van der Waals surface area contributed by atoms with E-state index in [-0.39, 0.29) is 22.6 Å². The number of carbonyl (C=O) groups excluding carboxylic acids is 2. The molecule has 1 aromatic heterocycles. The molecule has 0 aliphatic carbocycles. The maximum Gasteiger partial charge on any atom is 0.315 e. The van der Waals surface area contributed by atoms with E-state index in [1.165, 1.54) is 12.1 Å². The fourth-order valence-corrected chi connectivity index (χ4v) is 2.29. The van der Waals surface area contributed by atoms with Crippen molar-refractivity contribution in [1.29, 1.82) is 0 Å². The summed E-state index contributed by atoms with van der Waals surface area (Å²) >= 11 is 5.74. The van der Waals surface area contributed by atoms with Gasteiger partial charge in [-0.05, 0) is 38.5 Å². The number of benzene rings is 1. The van der Waals surface area contributed by atoms with Gasteiger partial charge in [-0.25, -0.2) is 4.39 Å². The molecule has 0 fully saturated rings. The van der Waals surface area contributed by atoms with Crippen LogP contribution in [0.2, 0.25) is 5.02 Å². The van der Waals surface area contributed by atoms with Gasteiger partial charge in [0.15, 0.2) is 5.82 Å². The molecule has 2 amide bonds. The molecule has 2 aromatic rings. The van der Waals surface area contributed by atoms with Gasteiger partial charge in [0.2, 0.25) is 0 Å². The van der Waals surface area contributed by atoms with Crippen LogP contribution in [0, 0.1) is 12.7 Å². The van der Waals surface area contributed by atoms with Crippen LogP contribution in [0.1, 0.15) is 32.0 Å². The standard InChI is InChI=1S/C16H18ClFN4O2/c1-4-9(2)22-10(3)7-14(21-22)20-16(24)15(23)19-13-8-11(17)5-6-12(13)18/h5-9H,4H2,1-3H3,(H,19,23)(H,20,21,24)/t9-/m0/s1. The molecule has 0 bridgehead atoms. The number of rotatable bonds is 4. The molecule has 1 aromatic carbocycles. The van der Waals surface area contributed by atoms with Gasteiger partial charge in [0, 0.05) is 22.8 Å². The van der Waals surface area contributed by atoms with Crippen molar-refractivity contribution in [3.63, 3.8) is 0 Å². The van der Waals surface area contributed by atoms with Crippen LogP contribution in [-0.4, -0.2) is 21.6 Å². The molecule has 24 heavy (non-hydrogen) atoms. The number of aromatic nitrogens is 2. The van der Waals surface area contributed by atoms with E-state index in [4.69, 9.17) is 11.6 Å². The molecule has 0 spiro atoms. The Labute approximate surface area is 144 Å². The number of hydrogen-bond donors (Lipinski definition) is 2. The van der Waals surface area contributed by atoms with E-state index in [1.54, 1.807) is 10.7 Å². The van der Waals surface area contributed by atoms with E-state index in [0.29, 0.717) is 0 Å². The van der Waals surface area contributed by atoms with Gasteiger partial charge in [-0.15, -0.1) is 0 Å². The highest BCUT2D eigenvalue weighted by Crippen LogP contribution is 2.20. The minimum absolute atomic E-state index is 0.163. The summed E-state index contributed by atoms with van der Waals surface area (Å²) in [5, 5.41) is 9.08. The maximum absolute atomic E-state index is 13.6. The Morgan fingerprint density at radius 2 is 1.96 bits per heavy atom. The van der Waals surface area contributed by atoms with Crippen molar-refractivity contribution in [2.24, 2.45) is 0 Å². The molecule has 128 valence electrons. The summed E-state index contributed by atoms with van der Waals surface area (Å²) in [6, 6.07) is 5.51. The zero-order valence-electron chi connectivity index (χ0n) is 13.6. The highest BCUT2D eigenvalue weighted by atomic mass is 35.5. The van der Waals surface area contributed by atoms with Gasteiger partial charge in [-0.1, -0.05) is 18.5 Å². The molecule has 0 saturated heterocycles. The van der Waals surface area contributed by atoms with Crippen molar-refractivity contribution in [2.45, 2.75) is 33.2 Å². The fourth-order valence-electron chi connectivity index (χ4n) is 2.11. The van der Waals surface area contributed by atoms with E-state index < -0.39 is 17.6 Å². The second kappa shape index (κ2) is 7.44. The summed E-state index contributed by atoms with van der Waals surface area (Å²) in [6.45, 7) is 5.88. The lowest BCUT2D eigenvalue weighted by atomic mass is 10.2. The van der Waals surface area contributed by atoms with E-state index in [1.807, 2.05) is 20.8 Å². The summed E-state index contributed by atoms with van der Waals surface area (Å²) in [4.78, 5) is 23.8. The number of nitrogens with one attached hydrogen (secondary N) is 2. The normalized spacial score (nSPS) is 11.9. The minimum atomic E-state index is -1.01. The second-order valence-corrected chi connectivity index (χ2v) is 5.84. The number of anilines is 2. The predicted octanol–water partition coefficient (Wildman–Crippen LogP) is 3.53. The van der Waals surface area contributed by atoms with Gasteiger partial charge in [0.25, 0.3) is 0 Å². The third-order valence-electron chi connectivity index (χ3n) is 3.56. The monoisotopic (exact) mass is 352 g/mol. The Hall–Kier alpha value is -2.41. The van der Waals surface area contributed by atoms with Crippen molar-refractivity contribution in [1.82, 2.24) is 9.78 Å². The van der Waals surface area contributed by atoms with Crippen molar-refractivity contribution >= 4 is 34.9 Å². The van der Waals surface area contributed by atoms with Crippen LogP contribution in [0.5, 0.6) is 0 Å². The molecule has 2 N–H and O–H groups in total. The number of carbonyl (C=O) groups is 2. The van der Waals surface area contributed by atoms with Gasteiger partial charge < -0.3 is 10.6 Å². The molecule has 6 nitrogen and oxygen atoms in total. The molecule has 0 aliphatic heterocycles. The average molecular weight is 353 g/mol. The Morgan fingerprint density at radius 1 is 1.29 bits per heavy atom. The topological polar surface area (TPSA) is 76.0 Å². The largest absolute Gasteiger partial charge is 0.315 e. The van der Waals surface area contributed by atoms with Crippen molar-refractivity contribution < 1.29 is 14.0 Å². The van der Waals surface area contributed by atoms with E-state index in [9.17, 15) is 14.0 Å². The predicted molar refractivity (Wildman–Crippen MR) is 90.6 cm³/mol. The summed E-state index contributed by atoms with van der Waals surface area (Å²) in [5.74, 6) is -2.37. The lowest BCUT2D eigenvalue weighted by molar-refractivity contribution is -0.133. The van der Waals surface area contributed by atoms with E-state index in [2.05, 4.69) is 15.7 Å². The highest BCUT2D eigenvalue weighted by molar-refractivity contribution is 6.43. The SMILES string of the molecule is CC[C@H](C)n1nc(NC(=O)C(=O)Nc2cc(Cl)ccc2F)cc1C. The number of nitrogens with zero attached hydrogens (tertiary/aromatic N) is 2. The van der Waals surface area contributed by atoms with E-state index >= 15 is 0 Å². The lowest BCUT2D eigenvalue weighted by Gasteiger charge is -2.11. The van der Waals surface area contributed by atoms with E-state index in [0.717, 1.165) is 18.2 Å². The van der Waals surface area contributed by atoms with Gasteiger partial charge >= 0.3 is 11.8 Å². The molecule has 1 heterocycles. The first kappa shape index (κ1) is 17.9. The van der Waals surface area contributed by atoms with Crippen LogP contribution in [0.3, 0.4) is 0 Å². The number of aryl methyl sites for hydroxylation is 1. The van der Waals surface area contributed by atoms with Gasteiger partial charge in [-0.2, -0.15) is 5.10 Å². The molecule has 8 heteroatoms. The zero-order chi connectivity index (χ0) is 17.9. The first-order valence-electron chi connectivity index (χ1n) is 7.45. The number of hydrogen-bond acceptors (Lipinski definition) is 3. The maximum atomic E-state index is 13.6. The van der Waals surface area contributed by atoms with Gasteiger partial charge in [-0.3, -0.25) is 14.3 Å². The molecular weight excluding hydrogens is 335 g/mol. The van der Waals surface area contributed by atoms with Gasteiger partial charge in [0.1, 0.15) is 5.82 Å².